The van der Waals surface area contributed by atoms with E-state index in [9.17, 15) is 14.4 Å². The predicted molar refractivity (Wildman–Crippen MR) is 105 cm³/mol. The van der Waals surface area contributed by atoms with Gasteiger partial charge in [-0.25, -0.2) is 9.78 Å². The van der Waals surface area contributed by atoms with Crippen molar-refractivity contribution in [2.45, 2.75) is 59.9 Å². The first-order chi connectivity index (χ1) is 12.6. The van der Waals surface area contributed by atoms with E-state index in [1.54, 1.807) is 11.5 Å². The molecule has 27 heavy (non-hydrogen) atoms. The van der Waals surface area contributed by atoms with Crippen molar-refractivity contribution in [3.8, 4) is 0 Å². The van der Waals surface area contributed by atoms with Crippen molar-refractivity contribution in [3.05, 3.63) is 26.6 Å². The maximum Gasteiger partial charge on any atom is 0.348 e. The third-order valence-electron chi connectivity index (χ3n) is 4.10. The van der Waals surface area contributed by atoms with Crippen LogP contribution in [0, 0.1) is 12.8 Å². The highest BCUT2D eigenvalue weighted by Gasteiger charge is 2.23. The van der Waals surface area contributed by atoms with Crippen LogP contribution >= 0.6 is 11.3 Å². The van der Waals surface area contributed by atoms with Crippen molar-refractivity contribution in [1.29, 1.82) is 0 Å². The highest BCUT2D eigenvalue weighted by Crippen LogP contribution is 2.29. The number of esters is 1. The van der Waals surface area contributed by atoms with E-state index < -0.39 is 11.9 Å². The third-order valence-corrected chi connectivity index (χ3v) is 5.27. The Morgan fingerprint density at radius 3 is 2.48 bits per heavy atom. The Morgan fingerprint density at radius 1 is 1.26 bits per heavy atom. The Hall–Kier alpha value is -2.22. The molecule has 0 unspecified atom stereocenters. The van der Waals surface area contributed by atoms with E-state index >= 15 is 0 Å². The zero-order valence-electron chi connectivity index (χ0n) is 16.4. The summed E-state index contributed by atoms with van der Waals surface area (Å²) in [5, 5.41) is 9.27. The van der Waals surface area contributed by atoms with Gasteiger partial charge in [-0.2, -0.15) is 0 Å². The van der Waals surface area contributed by atoms with E-state index in [1.165, 1.54) is 11.3 Å². The van der Waals surface area contributed by atoms with Gasteiger partial charge in [0.05, 0.1) is 12.0 Å². The average molecular weight is 394 g/mol. The summed E-state index contributed by atoms with van der Waals surface area (Å²) >= 11 is 1.17. The van der Waals surface area contributed by atoms with Crippen LogP contribution in [0.25, 0.3) is 10.2 Å². The number of carboxylic acids is 1. The molecule has 0 aliphatic carbocycles. The second kappa shape index (κ2) is 8.65. The van der Waals surface area contributed by atoms with Gasteiger partial charge in [0.25, 0.3) is 5.56 Å². The summed E-state index contributed by atoms with van der Waals surface area (Å²) in [5.41, 5.74) is 0.342. The van der Waals surface area contributed by atoms with Crippen molar-refractivity contribution in [1.82, 2.24) is 9.55 Å². The van der Waals surface area contributed by atoms with E-state index in [0.717, 1.165) is 0 Å². The molecule has 2 aromatic rings. The van der Waals surface area contributed by atoms with Crippen LogP contribution in [0.2, 0.25) is 0 Å². The Morgan fingerprint density at radius 2 is 1.93 bits per heavy atom. The van der Waals surface area contributed by atoms with Gasteiger partial charge >= 0.3 is 11.9 Å². The Bertz CT molecular complexity index is 911. The van der Waals surface area contributed by atoms with Gasteiger partial charge in [0.15, 0.2) is 0 Å². The van der Waals surface area contributed by atoms with Gasteiger partial charge in [-0.15, -0.1) is 11.3 Å². The largest absolute Gasteiger partial charge is 0.481 e. The third kappa shape index (κ3) is 4.74. The maximum absolute atomic E-state index is 13.1. The number of aromatic nitrogens is 2. The molecule has 148 valence electrons. The number of carboxylic acid groups (broad SMARTS) is 1. The maximum atomic E-state index is 13.1. The Kier molecular flexibility index (Phi) is 6.75. The number of carbonyl (C=O) groups excluding carboxylic acids is 1. The highest BCUT2D eigenvalue weighted by atomic mass is 32.1. The number of rotatable bonds is 8. The normalized spacial score (nSPS) is 11.5. The molecular weight excluding hydrogens is 368 g/mol. The molecule has 0 atom stereocenters. The predicted octanol–water partition coefficient (Wildman–Crippen LogP) is 3.57. The number of aliphatic carboxylic acids is 1. The molecule has 2 rings (SSSR count). The van der Waals surface area contributed by atoms with Gasteiger partial charge in [-0.3, -0.25) is 14.2 Å². The van der Waals surface area contributed by atoms with Crippen LogP contribution in [0.15, 0.2) is 4.79 Å². The molecule has 0 saturated carbocycles. The number of carbonyl (C=O) groups is 2. The van der Waals surface area contributed by atoms with Crippen LogP contribution in [0.4, 0.5) is 0 Å². The molecule has 0 saturated heterocycles. The van der Waals surface area contributed by atoms with Gasteiger partial charge in [-0.1, -0.05) is 27.7 Å². The standard InChI is InChI=1S/C19H26N2O5S/c1-10(2)9-26-19(25)15-12(5)14-17(27-15)20-16(11(3)4)21(18(14)24)8-6-7-13(22)23/h10-11H,6-9H2,1-5H3,(H,22,23). The van der Waals surface area contributed by atoms with Crippen molar-refractivity contribution < 1.29 is 19.4 Å². The number of fused-ring (bicyclic) bond motifs is 1. The lowest BCUT2D eigenvalue weighted by Crippen LogP contribution is -2.26. The SMILES string of the molecule is Cc1c(C(=O)OCC(C)C)sc2nc(C(C)C)n(CCCC(=O)O)c(=O)c12. The summed E-state index contributed by atoms with van der Waals surface area (Å²) in [6.07, 6.45) is 0.325. The summed E-state index contributed by atoms with van der Waals surface area (Å²) in [4.78, 5) is 41.8. The number of thiophene rings is 1. The molecule has 8 heteroatoms. The van der Waals surface area contributed by atoms with Crippen LogP contribution in [-0.2, 0) is 16.1 Å². The second-order valence-corrected chi connectivity index (χ2v) is 8.31. The van der Waals surface area contributed by atoms with E-state index in [4.69, 9.17) is 9.84 Å². The minimum absolute atomic E-state index is 0.00863. The van der Waals surface area contributed by atoms with E-state index in [1.807, 2.05) is 27.7 Å². The summed E-state index contributed by atoms with van der Waals surface area (Å²) < 4.78 is 6.85. The molecule has 0 aromatic carbocycles. The molecular formula is C19H26N2O5S. The fourth-order valence-corrected chi connectivity index (χ4v) is 3.85. The first-order valence-electron chi connectivity index (χ1n) is 9.06. The summed E-state index contributed by atoms with van der Waals surface area (Å²) in [6, 6.07) is 0. The van der Waals surface area contributed by atoms with Crippen LogP contribution in [0.3, 0.4) is 0 Å². The number of nitrogens with zero attached hydrogens (tertiary/aromatic N) is 2. The number of ether oxygens (including phenoxy) is 1. The fraction of sp³-hybridized carbons (Fsp3) is 0.579. The summed E-state index contributed by atoms with van der Waals surface area (Å²) in [5.74, 6) is -0.523. The van der Waals surface area contributed by atoms with Crippen molar-refractivity contribution in [2.75, 3.05) is 6.61 Å². The zero-order valence-corrected chi connectivity index (χ0v) is 17.2. The molecule has 2 aromatic heterocycles. The van der Waals surface area contributed by atoms with Gasteiger partial charge in [0, 0.05) is 18.9 Å². The van der Waals surface area contributed by atoms with Gasteiger partial charge in [0.2, 0.25) is 0 Å². The summed E-state index contributed by atoms with van der Waals surface area (Å²) in [7, 11) is 0. The molecule has 0 aliphatic rings. The topological polar surface area (TPSA) is 98.5 Å². The van der Waals surface area contributed by atoms with E-state index in [2.05, 4.69) is 4.98 Å². The molecule has 7 nitrogen and oxygen atoms in total. The van der Waals surface area contributed by atoms with Gasteiger partial charge in [0.1, 0.15) is 15.5 Å². The molecule has 0 bridgehead atoms. The number of aryl methyl sites for hydroxylation is 1. The molecule has 0 fully saturated rings. The van der Waals surface area contributed by atoms with E-state index in [-0.39, 0.29) is 30.4 Å². The molecule has 0 radical (unpaired) electrons. The second-order valence-electron chi connectivity index (χ2n) is 7.31. The molecule has 0 amide bonds. The van der Waals surface area contributed by atoms with Crippen molar-refractivity contribution in [3.63, 3.8) is 0 Å². The summed E-state index contributed by atoms with van der Waals surface area (Å²) in [6.45, 7) is 10.1. The number of hydrogen-bond donors (Lipinski definition) is 1. The molecule has 1 N–H and O–H groups in total. The smallest absolute Gasteiger partial charge is 0.348 e. The molecule has 2 heterocycles. The van der Waals surface area contributed by atoms with E-state index in [0.29, 0.717) is 39.5 Å². The van der Waals surface area contributed by atoms with Gasteiger partial charge in [-0.05, 0) is 24.8 Å². The lowest BCUT2D eigenvalue weighted by atomic mass is 10.1. The molecule has 0 aliphatic heterocycles. The highest BCUT2D eigenvalue weighted by molar-refractivity contribution is 7.20. The van der Waals surface area contributed by atoms with Crippen LogP contribution in [0.5, 0.6) is 0 Å². The lowest BCUT2D eigenvalue weighted by molar-refractivity contribution is -0.137. The van der Waals surface area contributed by atoms with Crippen molar-refractivity contribution >= 4 is 33.5 Å². The lowest BCUT2D eigenvalue weighted by Gasteiger charge is -2.14. The first-order valence-corrected chi connectivity index (χ1v) is 9.87. The van der Waals surface area contributed by atoms with Gasteiger partial charge < -0.3 is 9.84 Å². The minimum Gasteiger partial charge on any atom is -0.481 e. The fourth-order valence-electron chi connectivity index (χ4n) is 2.78. The monoisotopic (exact) mass is 394 g/mol. The van der Waals surface area contributed by atoms with Crippen LogP contribution < -0.4 is 5.56 Å². The van der Waals surface area contributed by atoms with Crippen LogP contribution in [0.1, 0.15) is 67.5 Å². The van der Waals surface area contributed by atoms with Crippen LogP contribution in [-0.4, -0.2) is 33.2 Å². The van der Waals surface area contributed by atoms with Crippen molar-refractivity contribution in [2.24, 2.45) is 5.92 Å². The molecule has 0 spiro atoms. The average Bonchev–Trinajstić information content (AvgIpc) is 2.91. The quantitative estimate of drug-likeness (QED) is 0.687. The Balaban J connectivity index is 2.51. The zero-order chi connectivity index (χ0) is 20.3. The number of hydrogen-bond acceptors (Lipinski definition) is 6. The Labute approximate surface area is 162 Å². The minimum atomic E-state index is -0.898. The first kappa shape index (κ1) is 21.1.